The van der Waals surface area contributed by atoms with Gasteiger partial charge in [-0.1, -0.05) is 0 Å². The van der Waals surface area contributed by atoms with Crippen LogP contribution in [-0.2, 0) is 11.2 Å². The van der Waals surface area contributed by atoms with E-state index in [1.54, 1.807) is 11.3 Å². The maximum absolute atomic E-state index is 10.4. The Labute approximate surface area is 100 Å². The molecule has 0 aliphatic carbocycles. The van der Waals surface area contributed by atoms with Gasteiger partial charge in [-0.05, 0) is 32.6 Å². The quantitative estimate of drug-likeness (QED) is 0.756. The third-order valence-corrected chi connectivity index (χ3v) is 4.28. The lowest BCUT2D eigenvalue weighted by atomic mass is 10.1. The molecule has 4 heteroatoms. The van der Waals surface area contributed by atoms with Crippen LogP contribution in [0.25, 0.3) is 0 Å². The van der Waals surface area contributed by atoms with Gasteiger partial charge in [0.25, 0.3) is 0 Å². The number of hydrogen-bond donors (Lipinski definition) is 0. The Morgan fingerprint density at radius 1 is 1.38 bits per heavy atom. The Balaban J connectivity index is 2.06. The highest BCUT2D eigenvalue weighted by Crippen LogP contribution is 2.28. The maximum atomic E-state index is 10.4. The SMILES string of the molecule is Cc1nc(N2CCCCC2)sc1CCC=O. The fraction of sp³-hybridized carbons (Fsp3) is 0.667. The Bertz CT molecular complexity index is 356. The second kappa shape index (κ2) is 5.43. The van der Waals surface area contributed by atoms with Crippen LogP contribution in [0.1, 0.15) is 36.3 Å². The molecule has 0 amide bonds. The highest BCUT2D eigenvalue weighted by molar-refractivity contribution is 7.15. The summed E-state index contributed by atoms with van der Waals surface area (Å²) < 4.78 is 0. The lowest BCUT2D eigenvalue weighted by Gasteiger charge is -2.25. The van der Waals surface area contributed by atoms with Crippen molar-refractivity contribution in [3.05, 3.63) is 10.6 Å². The molecule has 88 valence electrons. The first-order valence-electron chi connectivity index (χ1n) is 5.96. The summed E-state index contributed by atoms with van der Waals surface area (Å²) >= 11 is 1.76. The summed E-state index contributed by atoms with van der Waals surface area (Å²) in [7, 11) is 0. The van der Waals surface area contributed by atoms with Gasteiger partial charge < -0.3 is 9.69 Å². The van der Waals surface area contributed by atoms with Crippen molar-refractivity contribution in [1.29, 1.82) is 0 Å². The zero-order valence-corrected chi connectivity index (χ0v) is 10.6. The number of thiazole rings is 1. The average molecular weight is 238 g/mol. The maximum Gasteiger partial charge on any atom is 0.185 e. The summed E-state index contributed by atoms with van der Waals surface area (Å²) in [6.07, 6.45) is 6.35. The molecule has 0 N–H and O–H groups in total. The molecule has 0 radical (unpaired) electrons. The van der Waals surface area contributed by atoms with E-state index in [0.717, 1.165) is 36.6 Å². The lowest BCUT2D eigenvalue weighted by molar-refractivity contribution is -0.107. The van der Waals surface area contributed by atoms with E-state index in [9.17, 15) is 4.79 Å². The Morgan fingerprint density at radius 2 is 2.12 bits per heavy atom. The van der Waals surface area contributed by atoms with Crippen molar-refractivity contribution in [3.63, 3.8) is 0 Å². The molecular formula is C12H18N2OS. The molecule has 1 aromatic heterocycles. The Morgan fingerprint density at radius 3 is 2.81 bits per heavy atom. The average Bonchev–Trinajstić information content (AvgIpc) is 2.69. The molecule has 0 aromatic carbocycles. The third kappa shape index (κ3) is 2.61. The monoisotopic (exact) mass is 238 g/mol. The number of rotatable bonds is 4. The van der Waals surface area contributed by atoms with Crippen molar-refractivity contribution < 1.29 is 4.79 Å². The van der Waals surface area contributed by atoms with Crippen molar-refractivity contribution in [3.8, 4) is 0 Å². The molecule has 1 aliphatic rings. The molecule has 0 spiro atoms. The minimum absolute atomic E-state index is 0.614. The van der Waals surface area contributed by atoms with Gasteiger partial charge >= 0.3 is 0 Å². The van der Waals surface area contributed by atoms with Crippen LogP contribution in [0.3, 0.4) is 0 Å². The van der Waals surface area contributed by atoms with Crippen LogP contribution in [0.15, 0.2) is 0 Å². The fourth-order valence-corrected chi connectivity index (χ4v) is 3.18. The van der Waals surface area contributed by atoms with E-state index in [2.05, 4.69) is 9.88 Å². The largest absolute Gasteiger partial charge is 0.348 e. The van der Waals surface area contributed by atoms with Gasteiger partial charge in [0.15, 0.2) is 5.13 Å². The fourth-order valence-electron chi connectivity index (χ4n) is 2.06. The summed E-state index contributed by atoms with van der Waals surface area (Å²) in [4.78, 5) is 18.6. The first-order valence-corrected chi connectivity index (χ1v) is 6.78. The zero-order valence-electron chi connectivity index (χ0n) is 9.74. The molecule has 2 heterocycles. The summed E-state index contributed by atoms with van der Waals surface area (Å²) in [6.45, 7) is 4.32. The topological polar surface area (TPSA) is 33.2 Å². The first-order chi connectivity index (χ1) is 7.81. The number of aryl methyl sites for hydroxylation is 2. The molecule has 0 unspecified atom stereocenters. The predicted molar refractivity (Wildman–Crippen MR) is 67.3 cm³/mol. The lowest BCUT2D eigenvalue weighted by Crippen LogP contribution is -2.29. The minimum atomic E-state index is 0.614. The Hall–Kier alpha value is -0.900. The van der Waals surface area contributed by atoms with Crippen LogP contribution >= 0.6 is 11.3 Å². The van der Waals surface area contributed by atoms with E-state index in [1.165, 1.54) is 24.1 Å². The van der Waals surface area contributed by atoms with E-state index in [4.69, 9.17) is 0 Å². The van der Waals surface area contributed by atoms with Crippen LogP contribution in [0, 0.1) is 6.92 Å². The summed E-state index contributed by atoms with van der Waals surface area (Å²) in [6, 6.07) is 0. The number of carbonyl (C=O) groups excluding carboxylic acids is 1. The standard InChI is InChI=1S/C12H18N2OS/c1-10-11(6-5-9-15)16-12(13-10)14-7-3-2-4-8-14/h9H,2-8H2,1H3. The smallest absolute Gasteiger partial charge is 0.185 e. The first kappa shape index (κ1) is 11.6. The minimum Gasteiger partial charge on any atom is -0.348 e. The van der Waals surface area contributed by atoms with Crippen LogP contribution in [-0.4, -0.2) is 24.4 Å². The molecule has 1 aliphatic heterocycles. The van der Waals surface area contributed by atoms with Gasteiger partial charge in [0.05, 0.1) is 5.69 Å². The van der Waals surface area contributed by atoms with Crippen LogP contribution in [0.5, 0.6) is 0 Å². The van der Waals surface area contributed by atoms with Gasteiger partial charge in [-0.2, -0.15) is 0 Å². The molecule has 0 atom stereocenters. The van der Waals surface area contributed by atoms with E-state index in [-0.39, 0.29) is 0 Å². The molecular weight excluding hydrogens is 220 g/mol. The number of carbonyl (C=O) groups is 1. The molecule has 0 saturated carbocycles. The van der Waals surface area contributed by atoms with Gasteiger partial charge in [0.2, 0.25) is 0 Å². The van der Waals surface area contributed by atoms with Crippen LogP contribution < -0.4 is 4.90 Å². The van der Waals surface area contributed by atoms with Crippen molar-refractivity contribution in [2.45, 2.75) is 39.0 Å². The van der Waals surface area contributed by atoms with E-state index >= 15 is 0 Å². The van der Waals surface area contributed by atoms with Crippen molar-refractivity contribution >= 4 is 22.8 Å². The van der Waals surface area contributed by atoms with Crippen LogP contribution in [0.2, 0.25) is 0 Å². The highest BCUT2D eigenvalue weighted by Gasteiger charge is 2.16. The summed E-state index contributed by atoms with van der Waals surface area (Å²) in [5.41, 5.74) is 1.10. The molecule has 3 nitrogen and oxygen atoms in total. The number of anilines is 1. The van der Waals surface area contributed by atoms with Crippen LogP contribution in [0.4, 0.5) is 5.13 Å². The van der Waals surface area contributed by atoms with Crippen molar-refractivity contribution in [2.24, 2.45) is 0 Å². The second-order valence-electron chi connectivity index (χ2n) is 4.26. The molecule has 16 heavy (non-hydrogen) atoms. The van der Waals surface area contributed by atoms with Gasteiger partial charge in [-0.3, -0.25) is 0 Å². The van der Waals surface area contributed by atoms with Gasteiger partial charge in [0.1, 0.15) is 6.29 Å². The Kier molecular flexibility index (Phi) is 3.93. The molecule has 1 aromatic rings. The molecule has 2 rings (SSSR count). The molecule has 1 saturated heterocycles. The third-order valence-electron chi connectivity index (χ3n) is 3.00. The number of aldehydes is 1. The zero-order chi connectivity index (χ0) is 11.4. The number of hydrogen-bond acceptors (Lipinski definition) is 4. The summed E-state index contributed by atoms with van der Waals surface area (Å²) in [5.74, 6) is 0. The molecule has 0 bridgehead atoms. The van der Waals surface area contributed by atoms with E-state index < -0.39 is 0 Å². The highest BCUT2D eigenvalue weighted by atomic mass is 32.1. The van der Waals surface area contributed by atoms with E-state index in [0.29, 0.717) is 6.42 Å². The second-order valence-corrected chi connectivity index (χ2v) is 5.32. The predicted octanol–water partition coefficient (Wildman–Crippen LogP) is 2.57. The van der Waals surface area contributed by atoms with Gasteiger partial charge in [0, 0.05) is 24.4 Å². The summed E-state index contributed by atoms with van der Waals surface area (Å²) in [5, 5.41) is 1.15. The van der Waals surface area contributed by atoms with E-state index in [1.807, 2.05) is 6.92 Å². The van der Waals surface area contributed by atoms with Crippen molar-refractivity contribution in [2.75, 3.05) is 18.0 Å². The number of aromatic nitrogens is 1. The van der Waals surface area contributed by atoms with Gasteiger partial charge in [-0.25, -0.2) is 4.98 Å². The normalized spacial score (nSPS) is 16.4. The van der Waals surface area contributed by atoms with Gasteiger partial charge in [-0.15, -0.1) is 11.3 Å². The number of piperidine rings is 1. The molecule has 1 fully saturated rings. The number of nitrogens with zero attached hydrogens (tertiary/aromatic N) is 2. The van der Waals surface area contributed by atoms with Crippen molar-refractivity contribution in [1.82, 2.24) is 4.98 Å².